The zero-order valence-electron chi connectivity index (χ0n) is 10.1. The molecule has 0 aromatic rings. The maximum absolute atomic E-state index is 5.80. The lowest BCUT2D eigenvalue weighted by molar-refractivity contribution is 0.0132. The average Bonchev–Trinajstić information content (AvgIpc) is 2.27. The van der Waals surface area contributed by atoms with Gasteiger partial charge in [0.2, 0.25) is 0 Å². The molecule has 3 nitrogen and oxygen atoms in total. The topological polar surface area (TPSA) is 30.5 Å². The minimum absolute atomic E-state index is 0.497. The van der Waals surface area contributed by atoms with Gasteiger partial charge in [0, 0.05) is 26.4 Å². The number of hydrogen-bond donors (Lipinski definition) is 1. The van der Waals surface area contributed by atoms with Crippen molar-refractivity contribution in [3.8, 4) is 0 Å². The normalized spacial score (nSPS) is 26.8. The highest BCUT2D eigenvalue weighted by molar-refractivity contribution is 4.76. The van der Waals surface area contributed by atoms with E-state index in [1.54, 1.807) is 7.11 Å². The summed E-state index contributed by atoms with van der Waals surface area (Å²) >= 11 is 0. The van der Waals surface area contributed by atoms with Gasteiger partial charge in [0.1, 0.15) is 0 Å². The fraction of sp³-hybridized carbons (Fsp3) is 1.00. The van der Waals surface area contributed by atoms with Crippen LogP contribution in [0.25, 0.3) is 0 Å². The van der Waals surface area contributed by atoms with E-state index >= 15 is 0 Å². The van der Waals surface area contributed by atoms with Crippen LogP contribution in [0.3, 0.4) is 0 Å². The molecule has 0 aromatic heterocycles. The van der Waals surface area contributed by atoms with Crippen LogP contribution in [0.4, 0.5) is 0 Å². The Morgan fingerprint density at radius 3 is 2.47 bits per heavy atom. The summed E-state index contributed by atoms with van der Waals surface area (Å²) in [6.45, 7) is 4.93. The molecule has 0 aliphatic heterocycles. The Morgan fingerprint density at radius 1 is 1.13 bits per heavy atom. The van der Waals surface area contributed by atoms with Crippen LogP contribution in [0.1, 0.15) is 39.0 Å². The molecule has 0 heterocycles. The van der Waals surface area contributed by atoms with E-state index in [1.807, 2.05) is 0 Å². The van der Waals surface area contributed by atoms with Crippen molar-refractivity contribution in [3.05, 3.63) is 0 Å². The van der Waals surface area contributed by atoms with Crippen molar-refractivity contribution in [2.24, 2.45) is 0 Å². The number of hydrogen-bond acceptors (Lipinski definition) is 3. The summed E-state index contributed by atoms with van der Waals surface area (Å²) in [5, 5.41) is 3.51. The molecule has 1 saturated carbocycles. The molecule has 3 heteroatoms. The lowest BCUT2D eigenvalue weighted by atomic mass is 9.93. The third kappa shape index (κ3) is 5.50. The summed E-state index contributed by atoms with van der Waals surface area (Å²) in [5.74, 6) is 0. The van der Waals surface area contributed by atoms with Crippen molar-refractivity contribution in [2.45, 2.75) is 51.2 Å². The second-order valence-corrected chi connectivity index (χ2v) is 4.25. The molecule has 0 amide bonds. The average molecular weight is 215 g/mol. The highest BCUT2D eigenvalue weighted by Crippen LogP contribution is 2.21. The molecule has 1 fully saturated rings. The zero-order chi connectivity index (χ0) is 10.9. The molecule has 1 N–H and O–H groups in total. The Labute approximate surface area is 93.5 Å². The summed E-state index contributed by atoms with van der Waals surface area (Å²) in [6, 6.07) is 0.730. The lowest BCUT2D eigenvalue weighted by Crippen LogP contribution is -2.35. The van der Waals surface area contributed by atoms with Crippen LogP contribution in [-0.2, 0) is 9.47 Å². The molecule has 90 valence electrons. The van der Waals surface area contributed by atoms with E-state index in [0.29, 0.717) is 6.10 Å². The van der Waals surface area contributed by atoms with Gasteiger partial charge >= 0.3 is 0 Å². The van der Waals surface area contributed by atoms with Crippen LogP contribution in [0.15, 0.2) is 0 Å². The van der Waals surface area contributed by atoms with E-state index in [4.69, 9.17) is 9.47 Å². The van der Waals surface area contributed by atoms with Crippen molar-refractivity contribution >= 4 is 0 Å². The fourth-order valence-electron chi connectivity index (χ4n) is 2.18. The Morgan fingerprint density at radius 2 is 1.87 bits per heavy atom. The lowest BCUT2D eigenvalue weighted by Gasteiger charge is -2.28. The molecule has 1 rings (SSSR count). The first-order valence-electron chi connectivity index (χ1n) is 6.20. The van der Waals surface area contributed by atoms with E-state index in [-0.39, 0.29) is 0 Å². The number of ether oxygens (including phenoxy) is 2. The molecule has 0 aromatic carbocycles. The van der Waals surface area contributed by atoms with E-state index in [1.165, 1.54) is 25.7 Å². The maximum Gasteiger partial charge on any atom is 0.0576 e. The monoisotopic (exact) mass is 215 g/mol. The predicted molar refractivity (Wildman–Crippen MR) is 62.2 cm³/mol. The minimum Gasteiger partial charge on any atom is -0.385 e. The Hall–Kier alpha value is -0.120. The van der Waals surface area contributed by atoms with Gasteiger partial charge in [-0.3, -0.25) is 0 Å². The maximum atomic E-state index is 5.80. The van der Waals surface area contributed by atoms with Crippen LogP contribution in [0.2, 0.25) is 0 Å². The van der Waals surface area contributed by atoms with Gasteiger partial charge in [-0.15, -0.1) is 0 Å². The molecular formula is C12H25NO2. The van der Waals surface area contributed by atoms with Crippen LogP contribution >= 0.6 is 0 Å². The van der Waals surface area contributed by atoms with Gasteiger partial charge < -0.3 is 14.8 Å². The molecular weight excluding hydrogens is 190 g/mol. The van der Waals surface area contributed by atoms with Crippen LogP contribution in [0.5, 0.6) is 0 Å². The van der Waals surface area contributed by atoms with Crippen molar-refractivity contribution in [1.29, 1.82) is 0 Å². The zero-order valence-corrected chi connectivity index (χ0v) is 10.1. The Bertz CT molecular complexity index is 142. The summed E-state index contributed by atoms with van der Waals surface area (Å²) < 4.78 is 10.8. The largest absolute Gasteiger partial charge is 0.385 e. The first-order valence-corrected chi connectivity index (χ1v) is 6.20. The molecule has 0 spiro atoms. The van der Waals surface area contributed by atoms with Gasteiger partial charge in [0.25, 0.3) is 0 Å². The smallest absolute Gasteiger partial charge is 0.0576 e. The molecule has 15 heavy (non-hydrogen) atoms. The summed E-state index contributed by atoms with van der Waals surface area (Å²) in [7, 11) is 1.74. The van der Waals surface area contributed by atoms with Gasteiger partial charge in [-0.05, 0) is 38.6 Å². The Kier molecular flexibility index (Phi) is 6.98. The SMILES string of the molecule is CCNC1CCC(OCCCOC)CC1. The fourth-order valence-corrected chi connectivity index (χ4v) is 2.18. The van der Waals surface area contributed by atoms with Crippen molar-refractivity contribution in [1.82, 2.24) is 5.32 Å². The van der Waals surface area contributed by atoms with E-state index in [0.717, 1.165) is 32.2 Å². The van der Waals surface area contributed by atoms with E-state index in [9.17, 15) is 0 Å². The van der Waals surface area contributed by atoms with E-state index < -0.39 is 0 Å². The highest BCUT2D eigenvalue weighted by atomic mass is 16.5. The summed E-state index contributed by atoms with van der Waals surface area (Å²) in [4.78, 5) is 0. The van der Waals surface area contributed by atoms with Gasteiger partial charge in [-0.1, -0.05) is 6.92 Å². The van der Waals surface area contributed by atoms with Crippen molar-refractivity contribution in [2.75, 3.05) is 26.9 Å². The molecule has 0 atom stereocenters. The first kappa shape index (κ1) is 12.9. The van der Waals surface area contributed by atoms with Crippen molar-refractivity contribution < 1.29 is 9.47 Å². The standard InChI is InChI=1S/C12H25NO2/c1-3-13-11-5-7-12(8-6-11)15-10-4-9-14-2/h11-13H,3-10H2,1-2H3. The van der Waals surface area contributed by atoms with Crippen LogP contribution in [0, 0.1) is 0 Å². The third-order valence-electron chi connectivity index (χ3n) is 3.01. The van der Waals surface area contributed by atoms with Gasteiger partial charge in [-0.2, -0.15) is 0 Å². The van der Waals surface area contributed by atoms with E-state index in [2.05, 4.69) is 12.2 Å². The highest BCUT2D eigenvalue weighted by Gasteiger charge is 2.20. The minimum atomic E-state index is 0.497. The summed E-state index contributed by atoms with van der Waals surface area (Å²) in [6.07, 6.45) is 6.47. The Balaban J connectivity index is 1.99. The summed E-state index contributed by atoms with van der Waals surface area (Å²) in [5.41, 5.74) is 0. The predicted octanol–water partition coefficient (Wildman–Crippen LogP) is 1.96. The molecule has 0 saturated heterocycles. The molecule has 0 radical (unpaired) electrons. The van der Waals surface area contributed by atoms with Crippen LogP contribution < -0.4 is 5.32 Å². The number of nitrogens with one attached hydrogen (secondary N) is 1. The first-order chi connectivity index (χ1) is 7.36. The third-order valence-corrected chi connectivity index (χ3v) is 3.01. The number of rotatable bonds is 7. The van der Waals surface area contributed by atoms with Gasteiger partial charge in [0.05, 0.1) is 6.10 Å². The second-order valence-electron chi connectivity index (χ2n) is 4.25. The molecule has 1 aliphatic carbocycles. The van der Waals surface area contributed by atoms with Crippen molar-refractivity contribution in [3.63, 3.8) is 0 Å². The second kappa shape index (κ2) is 8.08. The molecule has 0 unspecified atom stereocenters. The van der Waals surface area contributed by atoms with Gasteiger partial charge in [0.15, 0.2) is 0 Å². The van der Waals surface area contributed by atoms with Gasteiger partial charge in [-0.25, -0.2) is 0 Å². The molecule has 1 aliphatic rings. The quantitative estimate of drug-likeness (QED) is 0.659. The molecule has 0 bridgehead atoms. The van der Waals surface area contributed by atoms with Crippen LogP contribution in [-0.4, -0.2) is 39.0 Å². The number of methoxy groups -OCH3 is 1.